The average Bonchev–Trinajstić information content (AvgIpc) is 3.44. The fourth-order valence-electron chi connectivity index (χ4n) is 4.89. The second kappa shape index (κ2) is 7.63. The van der Waals surface area contributed by atoms with Gasteiger partial charge in [-0.25, -0.2) is 9.37 Å². The number of guanidine groups is 1. The number of nitrogens with one attached hydrogen (secondary N) is 1. The lowest BCUT2D eigenvalue weighted by Gasteiger charge is -2.23. The number of ether oxygens (including phenoxy) is 2. The minimum absolute atomic E-state index is 0.291. The molecule has 1 aromatic carbocycles. The van der Waals surface area contributed by atoms with Gasteiger partial charge in [0.1, 0.15) is 11.6 Å². The quantitative estimate of drug-likeness (QED) is 0.635. The number of pyridine rings is 1. The van der Waals surface area contributed by atoms with Gasteiger partial charge in [-0.1, -0.05) is 0 Å². The lowest BCUT2D eigenvalue weighted by molar-refractivity contribution is 0.0767. The lowest BCUT2D eigenvalue weighted by atomic mass is 9.82. The smallest absolute Gasteiger partial charge is 0.219 e. The number of hydrogen-bond acceptors (Lipinski definition) is 4. The topological polar surface area (TPSA) is 59.0 Å². The van der Waals surface area contributed by atoms with E-state index in [-0.39, 0.29) is 5.82 Å². The Bertz CT molecular complexity index is 886. The summed E-state index contributed by atoms with van der Waals surface area (Å²) in [5.41, 5.74) is 1.04. The summed E-state index contributed by atoms with van der Waals surface area (Å²) in [4.78, 5) is 11.1. The van der Waals surface area contributed by atoms with Crippen molar-refractivity contribution in [1.82, 2.24) is 15.2 Å². The molecule has 1 N–H and O–H groups in total. The molecule has 0 radical (unpaired) electrons. The molecule has 4 unspecified atom stereocenters. The average molecular weight is 396 g/mol. The zero-order valence-corrected chi connectivity index (χ0v) is 16.4. The molecule has 4 heterocycles. The Morgan fingerprint density at radius 3 is 2.62 bits per heavy atom. The van der Waals surface area contributed by atoms with Crippen LogP contribution in [0.4, 0.5) is 4.39 Å². The molecule has 3 saturated heterocycles. The van der Waals surface area contributed by atoms with Crippen LogP contribution in [0, 0.1) is 17.7 Å². The van der Waals surface area contributed by atoms with Gasteiger partial charge in [0.15, 0.2) is 5.96 Å². The fraction of sp³-hybridized carbons (Fsp3) is 0.455. The molecule has 5 rings (SSSR count). The zero-order valence-electron chi connectivity index (χ0n) is 16.4. The van der Waals surface area contributed by atoms with E-state index in [0.29, 0.717) is 42.2 Å². The number of benzene rings is 1. The van der Waals surface area contributed by atoms with Gasteiger partial charge in [-0.05, 0) is 48.7 Å². The molecule has 3 fully saturated rings. The number of aromatic nitrogens is 1. The van der Waals surface area contributed by atoms with Gasteiger partial charge in [-0.3, -0.25) is 4.99 Å². The van der Waals surface area contributed by atoms with Crippen molar-refractivity contribution in [3.63, 3.8) is 0 Å². The van der Waals surface area contributed by atoms with Crippen LogP contribution in [-0.4, -0.2) is 48.2 Å². The van der Waals surface area contributed by atoms with Crippen LogP contribution in [0.2, 0.25) is 0 Å². The van der Waals surface area contributed by atoms with Gasteiger partial charge in [0.2, 0.25) is 5.88 Å². The highest BCUT2D eigenvalue weighted by molar-refractivity contribution is 5.80. The van der Waals surface area contributed by atoms with E-state index in [9.17, 15) is 4.39 Å². The Hall–Kier alpha value is -2.67. The highest BCUT2D eigenvalue weighted by Gasteiger charge is 2.53. The van der Waals surface area contributed by atoms with E-state index in [1.807, 2.05) is 19.2 Å². The molecule has 2 bridgehead atoms. The van der Waals surface area contributed by atoms with Crippen molar-refractivity contribution >= 4 is 5.96 Å². The molecule has 0 spiro atoms. The monoisotopic (exact) mass is 396 g/mol. The summed E-state index contributed by atoms with van der Waals surface area (Å²) in [5, 5.41) is 3.47. The van der Waals surface area contributed by atoms with E-state index in [1.54, 1.807) is 18.3 Å². The maximum absolute atomic E-state index is 13.0. The number of rotatable bonds is 4. The van der Waals surface area contributed by atoms with Crippen LogP contribution in [-0.2, 0) is 11.3 Å². The van der Waals surface area contributed by atoms with E-state index < -0.39 is 0 Å². The van der Waals surface area contributed by atoms with Crippen molar-refractivity contribution in [2.45, 2.75) is 31.6 Å². The Morgan fingerprint density at radius 2 is 1.93 bits per heavy atom. The van der Waals surface area contributed by atoms with E-state index in [4.69, 9.17) is 9.47 Å². The highest BCUT2D eigenvalue weighted by Crippen LogP contribution is 2.47. The molecule has 0 aliphatic carbocycles. The Kier molecular flexibility index (Phi) is 4.83. The molecule has 2 aromatic rings. The maximum atomic E-state index is 13.0. The molecule has 3 aliphatic heterocycles. The third kappa shape index (κ3) is 3.67. The summed E-state index contributed by atoms with van der Waals surface area (Å²) in [5.74, 6) is 2.96. The normalized spacial score (nSPS) is 27.9. The molecular weight excluding hydrogens is 371 g/mol. The summed E-state index contributed by atoms with van der Waals surface area (Å²) >= 11 is 0. The third-order valence-electron chi connectivity index (χ3n) is 6.25. The summed E-state index contributed by atoms with van der Waals surface area (Å²) in [6, 6.07) is 9.75. The molecular formula is C22H25FN4O2. The predicted octanol–water partition coefficient (Wildman–Crippen LogP) is 3.20. The van der Waals surface area contributed by atoms with Gasteiger partial charge in [0, 0.05) is 50.8 Å². The number of nitrogens with zero attached hydrogens (tertiary/aromatic N) is 3. The zero-order chi connectivity index (χ0) is 19.8. The van der Waals surface area contributed by atoms with E-state index >= 15 is 0 Å². The standard InChI is InChI=1S/C22H25FN4O2/c1-24-22(27-12-17-18(13-27)20-7-6-19(17)29-20)26-11-14-8-9-25-21(10-14)28-16-4-2-15(23)3-5-16/h2-5,8-10,17-20H,6-7,11-13H2,1H3,(H,24,26). The number of hydrogen-bond donors (Lipinski definition) is 1. The molecule has 7 heteroatoms. The maximum Gasteiger partial charge on any atom is 0.219 e. The van der Waals surface area contributed by atoms with Crippen LogP contribution in [0.1, 0.15) is 18.4 Å². The Balaban J connectivity index is 1.20. The van der Waals surface area contributed by atoms with Crippen LogP contribution in [0.5, 0.6) is 11.6 Å². The summed E-state index contributed by atoms with van der Waals surface area (Å²) in [6.45, 7) is 2.66. The lowest BCUT2D eigenvalue weighted by Crippen LogP contribution is -2.41. The van der Waals surface area contributed by atoms with Gasteiger partial charge in [-0.15, -0.1) is 0 Å². The number of aliphatic imine (C=N–C) groups is 1. The summed E-state index contributed by atoms with van der Waals surface area (Å²) < 4.78 is 24.8. The minimum atomic E-state index is -0.291. The number of likely N-dealkylation sites (tertiary alicyclic amines) is 1. The van der Waals surface area contributed by atoms with Gasteiger partial charge in [-0.2, -0.15) is 0 Å². The van der Waals surface area contributed by atoms with Crippen molar-refractivity contribution in [3.05, 3.63) is 54.0 Å². The first-order valence-corrected chi connectivity index (χ1v) is 10.2. The molecule has 29 heavy (non-hydrogen) atoms. The van der Waals surface area contributed by atoms with Crippen LogP contribution in [0.3, 0.4) is 0 Å². The largest absolute Gasteiger partial charge is 0.439 e. The van der Waals surface area contributed by atoms with Crippen LogP contribution in [0.25, 0.3) is 0 Å². The van der Waals surface area contributed by atoms with Gasteiger partial charge < -0.3 is 19.7 Å². The SMILES string of the molecule is CN=C(NCc1ccnc(Oc2ccc(F)cc2)c1)N1CC2C3CCC(O3)C2C1. The number of fused-ring (bicyclic) bond motifs is 5. The summed E-state index contributed by atoms with van der Waals surface area (Å²) in [7, 11) is 1.83. The van der Waals surface area contributed by atoms with Crippen molar-refractivity contribution in [3.8, 4) is 11.6 Å². The summed E-state index contributed by atoms with van der Waals surface area (Å²) in [6.07, 6.45) is 5.02. The first kappa shape index (κ1) is 18.4. The third-order valence-corrected chi connectivity index (χ3v) is 6.25. The van der Waals surface area contributed by atoms with Crippen molar-refractivity contribution < 1.29 is 13.9 Å². The molecule has 1 aromatic heterocycles. The van der Waals surface area contributed by atoms with Crippen molar-refractivity contribution in [2.75, 3.05) is 20.1 Å². The van der Waals surface area contributed by atoms with Crippen molar-refractivity contribution in [1.29, 1.82) is 0 Å². The Morgan fingerprint density at radius 1 is 1.21 bits per heavy atom. The van der Waals surface area contributed by atoms with Crippen LogP contribution >= 0.6 is 0 Å². The first-order chi connectivity index (χ1) is 14.2. The molecule has 3 aliphatic rings. The first-order valence-electron chi connectivity index (χ1n) is 10.2. The minimum Gasteiger partial charge on any atom is -0.439 e. The van der Waals surface area contributed by atoms with E-state index in [0.717, 1.165) is 24.6 Å². The Labute approximate surface area is 169 Å². The van der Waals surface area contributed by atoms with Crippen molar-refractivity contribution in [2.24, 2.45) is 16.8 Å². The fourth-order valence-corrected chi connectivity index (χ4v) is 4.89. The molecule has 0 amide bonds. The van der Waals surface area contributed by atoms with E-state index in [1.165, 1.54) is 25.0 Å². The van der Waals surface area contributed by atoms with Crippen LogP contribution < -0.4 is 10.1 Å². The number of halogens is 1. The molecule has 152 valence electrons. The van der Waals surface area contributed by atoms with Gasteiger partial charge >= 0.3 is 0 Å². The molecule has 0 saturated carbocycles. The molecule has 6 nitrogen and oxygen atoms in total. The second-order valence-electron chi connectivity index (χ2n) is 7.98. The predicted molar refractivity (Wildman–Crippen MR) is 107 cm³/mol. The van der Waals surface area contributed by atoms with Gasteiger partial charge in [0.25, 0.3) is 0 Å². The van der Waals surface area contributed by atoms with Gasteiger partial charge in [0.05, 0.1) is 12.2 Å². The molecule has 4 atom stereocenters. The second-order valence-corrected chi connectivity index (χ2v) is 7.98. The van der Waals surface area contributed by atoms with Crippen LogP contribution in [0.15, 0.2) is 47.6 Å². The van der Waals surface area contributed by atoms with E-state index in [2.05, 4.69) is 20.2 Å². The highest BCUT2D eigenvalue weighted by atomic mass is 19.1.